The molecule has 0 saturated heterocycles. The lowest BCUT2D eigenvalue weighted by atomic mass is 10.1. The summed E-state index contributed by atoms with van der Waals surface area (Å²) in [6, 6.07) is 14.7. The zero-order valence-electron chi connectivity index (χ0n) is 15.7. The maximum absolute atomic E-state index is 14.1. The minimum atomic E-state index is -0.366. The smallest absolute Gasteiger partial charge is 0.228 e. The summed E-state index contributed by atoms with van der Waals surface area (Å²) in [5, 5.41) is 7.86. The molecule has 1 aliphatic rings. The highest BCUT2D eigenvalue weighted by Crippen LogP contribution is 2.48. The summed E-state index contributed by atoms with van der Waals surface area (Å²) < 4.78 is 15.8. The van der Waals surface area contributed by atoms with Gasteiger partial charge in [-0.1, -0.05) is 48.0 Å². The number of rotatable bonds is 5. The van der Waals surface area contributed by atoms with Gasteiger partial charge in [0, 0.05) is 16.5 Å². The van der Waals surface area contributed by atoms with E-state index in [1.54, 1.807) is 16.8 Å². The van der Waals surface area contributed by atoms with Crippen molar-refractivity contribution in [1.29, 1.82) is 0 Å². The van der Waals surface area contributed by atoms with Crippen LogP contribution in [0.25, 0.3) is 0 Å². The first-order valence-electron chi connectivity index (χ1n) is 9.28. The number of amides is 1. The average Bonchev–Trinajstić information content (AvgIpc) is 3.44. The number of nitrogens with zero attached hydrogens (tertiary/aromatic N) is 2. The number of aryl methyl sites for hydroxylation is 1. The summed E-state index contributed by atoms with van der Waals surface area (Å²) >= 11 is 6.14. The van der Waals surface area contributed by atoms with E-state index >= 15 is 0 Å². The highest BCUT2D eigenvalue weighted by atomic mass is 35.5. The lowest BCUT2D eigenvalue weighted by Gasteiger charge is -2.09. The number of benzene rings is 2. The first-order chi connectivity index (χ1) is 13.5. The van der Waals surface area contributed by atoms with Gasteiger partial charge in [-0.25, -0.2) is 4.39 Å². The van der Waals surface area contributed by atoms with Crippen LogP contribution in [0.1, 0.15) is 34.9 Å². The molecule has 1 heterocycles. The molecule has 1 aromatic heterocycles. The van der Waals surface area contributed by atoms with Gasteiger partial charge in [-0.05, 0) is 43.9 Å². The predicted octanol–water partition coefficient (Wildman–Crippen LogP) is 5.08. The molecule has 1 fully saturated rings. The van der Waals surface area contributed by atoms with Crippen LogP contribution in [0.4, 0.5) is 10.1 Å². The Morgan fingerprint density at radius 2 is 1.96 bits per heavy atom. The number of nitrogens with one attached hydrogen (secondary N) is 1. The maximum Gasteiger partial charge on any atom is 0.228 e. The van der Waals surface area contributed by atoms with Gasteiger partial charge in [0.05, 0.1) is 23.6 Å². The van der Waals surface area contributed by atoms with Gasteiger partial charge in [0.2, 0.25) is 5.91 Å². The van der Waals surface area contributed by atoms with Crippen molar-refractivity contribution >= 4 is 23.2 Å². The van der Waals surface area contributed by atoms with Gasteiger partial charge in [-0.15, -0.1) is 0 Å². The molecule has 0 aliphatic heterocycles. The first-order valence-corrected chi connectivity index (χ1v) is 9.66. The molecule has 0 bridgehead atoms. The van der Waals surface area contributed by atoms with Crippen LogP contribution in [0.5, 0.6) is 0 Å². The van der Waals surface area contributed by atoms with E-state index in [0.717, 1.165) is 12.1 Å². The molecule has 1 amide bonds. The van der Waals surface area contributed by atoms with E-state index in [4.69, 9.17) is 11.6 Å². The molecular formula is C22H21ClFN3O. The molecule has 4 nitrogen and oxygen atoms in total. The van der Waals surface area contributed by atoms with E-state index in [9.17, 15) is 9.18 Å². The third-order valence-corrected chi connectivity index (χ3v) is 5.71. The molecule has 3 aromatic rings. The molecular weight excluding hydrogens is 377 g/mol. The van der Waals surface area contributed by atoms with Gasteiger partial charge in [0.15, 0.2) is 0 Å². The minimum absolute atomic E-state index is 0.00327. The summed E-state index contributed by atoms with van der Waals surface area (Å²) in [5.74, 6) is -0.113. The van der Waals surface area contributed by atoms with Crippen LogP contribution >= 0.6 is 11.6 Å². The Bertz CT molecular complexity index is 1010. The Balaban J connectivity index is 1.50. The zero-order valence-corrected chi connectivity index (χ0v) is 16.5. The number of carbonyl (C=O) groups excluding carboxylic acids is 1. The molecule has 1 saturated carbocycles. The van der Waals surface area contributed by atoms with Crippen molar-refractivity contribution in [3.63, 3.8) is 0 Å². The monoisotopic (exact) mass is 397 g/mol. The van der Waals surface area contributed by atoms with Crippen LogP contribution in [-0.2, 0) is 11.3 Å². The Hall–Kier alpha value is -2.66. The number of halogens is 2. The summed E-state index contributed by atoms with van der Waals surface area (Å²) in [5.41, 5.74) is 3.76. The van der Waals surface area contributed by atoms with Crippen molar-refractivity contribution in [2.75, 3.05) is 5.32 Å². The molecule has 4 rings (SSSR count). The largest absolute Gasteiger partial charge is 0.323 e. The van der Waals surface area contributed by atoms with Crippen molar-refractivity contribution in [3.05, 3.63) is 81.9 Å². The van der Waals surface area contributed by atoms with Crippen LogP contribution in [-0.4, -0.2) is 15.7 Å². The average molecular weight is 398 g/mol. The van der Waals surface area contributed by atoms with E-state index in [-0.39, 0.29) is 30.1 Å². The van der Waals surface area contributed by atoms with Gasteiger partial charge >= 0.3 is 0 Å². The number of hydrogen-bond donors (Lipinski definition) is 1. The van der Waals surface area contributed by atoms with Crippen molar-refractivity contribution in [2.24, 2.45) is 5.92 Å². The van der Waals surface area contributed by atoms with E-state index in [0.29, 0.717) is 22.0 Å². The molecule has 6 heteroatoms. The molecule has 0 spiro atoms. The second-order valence-corrected chi connectivity index (χ2v) is 7.66. The fourth-order valence-electron chi connectivity index (χ4n) is 3.63. The first kappa shape index (κ1) is 18.7. The van der Waals surface area contributed by atoms with Crippen LogP contribution in [0.3, 0.4) is 0 Å². The second kappa shape index (κ2) is 7.40. The molecule has 2 aromatic carbocycles. The molecule has 0 radical (unpaired) electrons. The summed E-state index contributed by atoms with van der Waals surface area (Å²) in [6.45, 7) is 3.92. The number of hydrogen-bond acceptors (Lipinski definition) is 2. The predicted molar refractivity (Wildman–Crippen MR) is 108 cm³/mol. The molecule has 1 N–H and O–H groups in total. The van der Waals surface area contributed by atoms with Gasteiger partial charge in [0.25, 0.3) is 0 Å². The van der Waals surface area contributed by atoms with Crippen LogP contribution < -0.4 is 5.32 Å². The Labute approximate surface area is 168 Å². The van der Waals surface area contributed by atoms with Crippen LogP contribution in [0.2, 0.25) is 5.02 Å². The van der Waals surface area contributed by atoms with Gasteiger partial charge < -0.3 is 5.32 Å². The Morgan fingerprint density at radius 1 is 1.21 bits per heavy atom. The lowest BCUT2D eigenvalue weighted by molar-refractivity contribution is -0.117. The Morgan fingerprint density at radius 3 is 2.68 bits per heavy atom. The van der Waals surface area contributed by atoms with E-state index < -0.39 is 0 Å². The highest BCUT2D eigenvalue weighted by Gasteiger charge is 2.44. The van der Waals surface area contributed by atoms with Crippen LogP contribution in [0.15, 0.2) is 48.5 Å². The second-order valence-electron chi connectivity index (χ2n) is 7.25. The van der Waals surface area contributed by atoms with Gasteiger partial charge in [-0.2, -0.15) is 5.10 Å². The molecule has 1 aliphatic carbocycles. The topological polar surface area (TPSA) is 46.9 Å². The zero-order chi connectivity index (χ0) is 19.8. The third-order valence-electron chi connectivity index (χ3n) is 5.35. The third kappa shape index (κ3) is 3.54. The fraction of sp³-hybridized carbons (Fsp3) is 0.273. The molecule has 144 valence electrons. The summed E-state index contributed by atoms with van der Waals surface area (Å²) in [7, 11) is 0. The molecule has 0 unspecified atom stereocenters. The van der Waals surface area contributed by atoms with Crippen molar-refractivity contribution in [3.8, 4) is 0 Å². The number of carbonyl (C=O) groups is 1. The minimum Gasteiger partial charge on any atom is -0.323 e. The van der Waals surface area contributed by atoms with E-state index in [1.807, 2.05) is 32.0 Å². The number of anilines is 1. The van der Waals surface area contributed by atoms with E-state index in [2.05, 4.69) is 22.5 Å². The lowest BCUT2D eigenvalue weighted by Crippen LogP contribution is -2.16. The fourth-order valence-corrected chi connectivity index (χ4v) is 3.86. The maximum atomic E-state index is 14.1. The Kier molecular flexibility index (Phi) is 4.94. The summed E-state index contributed by atoms with van der Waals surface area (Å²) in [4.78, 5) is 12.7. The standard InChI is InChI=1S/C22H21ClFN3O/c1-13-21(25-22(28)17-11-16(17)15-7-4-3-5-8-15)14(2)27(26-13)12-18-19(23)9-6-10-20(18)24/h3-10,16-17H,11-12H2,1-2H3,(H,25,28)/t16-,17-/m0/s1. The highest BCUT2D eigenvalue weighted by molar-refractivity contribution is 6.31. The van der Waals surface area contributed by atoms with Crippen molar-refractivity contribution in [1.82, 2.24) is 9.78 Å². The van der Waals surface area contributed by atoms with Crippen LogP contribution in [0, 0.1) is 25.6 Å². The van der Waals surface area contributed by atoms with Crippen molar-refractivity contribution < 1.29 is 9.18 Å². The normalized spacial score (nSPS) is 18.1. The summed E-state index contributed by atoms with van der Waals surface area (Å²) in [6.07, 6.45) is 0.854. The molecule has 2 atom stereocenters. The quantitative estimate of drug-likeness (QED) is 0.652. The SMILES string of the molecule is Cc1nn(Cc2c(F)cccc2Cl)c(C)c1NC(=O)[C@H]1C[C@H]1c1ccccc1. The van der Waals surface area contributed by atoms with E-state index in [1.165, 1.54) is 11.6 Å². The number of aromatic nitrogens is 2. The van der Waals surface area contributed by atoms with Crippen molar-refractivity contribution in [2.45, 2.75) is 32.7 Å². The van der Waals surface area contributed by atoms with Gasteiger partial charge in [-0.3, -0.25) is 9.48 Å². The molecule has 28 heavy (non-hydrogen) atoms. The van der Waals surface area contributed by atoms with Gasteiger partial charge in [0.1, 0.15) is 5.82 Å².